The summed E-state index contributed by atoms with van der Waals surface area (Å²) >= 11 is 0. The Kier molecular flexibility index (Phi) is 6.91. The number of hydrogen-bond acceptors (Lipinski definition) is 3. The third-order valence-electron chi connectivity index (χ3n) is 1.71. The maximum absolute atomic E-state index is 5.19. The second-order valence-electron chi connectivity index (χ2n) is 2.46. The van der Waals surface area contributed by atoms with E-state index in [1.165, 1.54) is 0 Å². The molecule has 0 heterocycles. The molecule has 1 atom stereocenters. The molecular weight excluding hydrogens is 128 g/mol. The van der Waals surface area contributed by atoms with Gasteiger partial charge in [-0.2, -0.15) is 0 Å². The Bertz CT molecular complexity index is 68.6. The lowest BCUT2D eigenvalue weighted by atomic mass is 10.0. The Morgan fingerprint density at radius 2 is 2.30 bits per heavy atom. The summed E-state index contributed by atoms with van der Waals surface area (Å²) in [5, 5.41) is 0. The third kappa shape index (κ3) is 4.73. The van der Waals surface area contributed by atoms with Crippen LogP contribution >= 0.6 is 0 Å². The van der Waals surface area contributed by atoms with Crippen molar-refractivity contribution in [1.82, 2.24) is 5.43 Å². The molecule has 3 N–H and O–H groups in total. The predicted octanol–water partition coefficient (Wildman–Crippen LogP) is 0.512. The average Bonchev–Trinajstić information content (AvgIpc) is 1.98. The fourth-order valence-electron chi connectivity index (χ4n) is 0.902. The second kappa shape index (κ2) is 6.99. The van der Waals surface area contributed by atoms with Gasteiger partial charge >= 0.3 is 0 Å². The van der Waals surface area contributed by atoms with Gasteiger partial charge in [-0.25, -0.2) is 0 Å². The van der Waals surface area contributed by atoms with Gasteiger partial charge in [0.25, 0.3) is 0 Å². The minimum Gasteiger partial charge on any atom is -0.385 e. The smallest absolute Gasteiger partial charge is 0.0465 e. The van der Waals surface area contributed by atoms with Gasteiger partial charge in [-0.3, -0.25) is 11.3 Å². The van der Waals surface area contributed by atoms with E-state index in [2.05, 4.69) is 12.3 Å². The van der Waals surface area contributed by atoms with Crippen LogP contribution in [0.15, 0.2) is 0 Å². The maximum atomic E-state index is 5.19. The van der Waals surface area contributed by atoms with Crippen LogP contribution in [0.5, 0.6) is 0 Å². The van der Waals surface area contributed by atoms with E-state index in [1.807, 2.05) is 0 Å². The van der Waals surface area contributed by atoms with Crippen molar-refractivity contribution in [2.24, 2.45) is 11.8 Å². The normalized spacial score (nSPS) is 13.5. The molecule has 0 saturated heterocycles. The highest BCUT2D eigenvalue weighted by molar-refractivity contribution is 4.57. The van der Waals surface area contributed by atoms with Crippen molar-refractivity contribution in [1.29, 1.82) is 0 Å². The van der Waals surface area contributed by atoms with Gasteiger partial charge in [-0.1, -0.05) is 13.3 Å². The molecule has 0 bridgehead atoms. The lowest BCUT2D eigenvalue weighted by molar-refractivity contribution is 0.175. The first-order chi connectivity index (χ1) is 4.85. The summed E-state index contributed by atoms with van der Waals surface area (Å²) < 4.78 is 4.95. The molecule has 0 radical (unpaired) electrons. The summed E-state index contributed by atoms with van der Waals surface area (Å²) in [5.41, 5.74) is 2.67. The predicted molar refractivity (Wildman–Crippen MR) is 42.5 cm³/mol. The second-order valence-corrected chi connectivity index (χ2v) is 2.46. The van der Waals surface area contributed by atoms with Gasteiger partial charge in [0.1, 0.15) is 0 Å². The maximum Gasteiger partial charge on any atom is 0.0465 e. The van der Waals surface area contributed by atoms with Gasteiger partial charge in [0.05, 0.1) is 0 Å². The molecule has 0 aliphatic rings. The molecule has 0 amide bonds. The molecule has 62 valence electrons. The first-order valence-corrected chi connectivity index (χ1v) is 3.77. The van der Waals surface area contributed by atoms with Crippen molar-refractivity contribution in [3.8, 4) is 0 Å². The van der Waals surface area contributed by atoms with Crippen LogP contribution in [-0.2, 0) is 4.74 Å². The van der Waals surface area contributed by atoms with Crippen molar-refractivity contribution < 1.29 is 4.74 Å². The molecule has 3 nitrogen and oxygen atoms in total. The van der Waals surface area contributed by atoms with Crippen LogP contribution in [0.2, 0.25) is 0 Å². The zero-order chi connectivity index (χ0) is 7.82. The van der Waals surface area contributed by atoms with Crippen molar-refractivity contribution in [2.75, 3.05) is 20.3 Å². The van der Waals surface area contributed by atoms with E-state index >= 15 is 0 Å². The number of nitrogens with two attached hydrogens (primary N) is 1. The van der Waals surface area contributed by atoms with Gasteiger partial charge in [-0.05, 0) is 12.3 Å². The number of hydrazine groups is 1. The van der Waals surface area contributed by atoms with E-state index in [0.717, 1.165) is 26.0 Å². The molecule has 10 heavy (non-hydrogen) atoms. The first-order valence-electron chi connectivity index (χ1n) is 3.77. The summed E-state index contributed by atoms with van der Waals surface area (Å²) in [7, 11) is 1.72. The molecule has 0 unspecified atom stereocenters. The van der Waals surface area contributed by atoms with Gasteiger partial charge in [0, 0.05) is 20.3 Å². The topological polar surface area (TPSA) is 47.3 Å². The van der Waals surface area contributed by atoms with Crippen LogP contribution in [-0.4, -0.2) is 20.3 Å². The van der Waals surface area contributed by atoms with Crippen LogP contribution in [0.4, 0.5) is 0 Å². The number of rotatable bonds is 6. The standard InChI is InChI=1S/C7H18N2O/c1-3-7(6-9-8)4-5-10-2/h7,9H,3-6,8H2,1-2H3/t7-/m1/s1. The molecule has 0 rings (SSSR count). The molecule has 0 aromatic carbocycles. The molecular formula is C7H18N2O. The quantitative estimate of drug-likeness (QED) is 0.424. The Morgan fingerprint density at radius 3 is 2.70 bits per heavy atom. The van der Waals surface area contributed by atoms with Crippen LogP contribution < -0.4 is 11.3 Å². The Morgan fingerprint density at radius 1 is 1.60 bits per heavy atom. The fourth-order valence-corrected chi connectivity index (χ4v) is 0.902. The van der Waals surface area contributed by atoms with Crippen LogP contribution in [0.1, 0.15) is 19.8 Å². The van der Waals surface area contributed by atoms with Crippen LogP contribution in [0.3, 0.4) is 0 Å². The summed E-state index contributed by atoms with van der Waals surface area (Å²) in [6.45, 7) is 3.89. The fraction of sp³-hybridized carbons (Fsp3) is 1.00. The van der Waals surface area contributed by atoms with E-state index in [4.69, 9.17) is 10.6 Å². The summed E-state index contributed by atoms with van der Waals surface area (Å²) in [6.07, 6.45) is 2.25. The van der Waals surface area contributed by atoms with E-state index < -0.39 is 0 Å². The Balaban J connectivity index is 3.21. The Labute approximate surface area is 62.9 Å². The highest BCUT2D eigenvalue weighted by Gasteiger charge is 2.03. The third-order valence-corrected chi connectivity index (χ3v) is 1.71. The van der Waals surface area contributed by atoms with Gasteiger partial charge in [-0.15, -0.1) is 0 Å². The lowest BCUT2D eigenvalue weighted by Gasteiger charge is -2.12. The number of nitrogens with one attached hydrogen (secondary N) is 1. The molecule has 3 heteroatoms. The molecule has 0 aliphatic heterocycles. The summed E-state index contributed by atoms with van der Waals surface area (Å²) in [6, 6.07) is 0. The number of methoxy groups -OCH3 is 1. The van der Waals surface area contributed by atoms with Crippen molar-refractivity contribution in [2.45, 2.75) is 19.8 Å². The van der Waals surface area contributed by atoms with Crippen LogP contribution in [0.25, 0.3) is 0 Å². The van der Waals surface area contributed by atoms with Crippen molar-refractivity contribution >= 4 is 0 Å². The summed E-state index contributed by atoms with van der Waals surface area (Å²) in [4.78, 5) is 0. The van der Waals surface area contributed by atoms with Gasteiger partial charge in [0.2, 0.25) is 0 Å². The average molecular weight is 146 g/mol. The molecule has 0 fully saturated rings. The SMILES string of the molecule is CC[C@H](CCOC)CNN. The summed E-state index contributed by atoms with van der Waals surface area (Å²) in [5.74, 6) is 5.84. The van der Waals surface area contributed by atoms with E-state index in [-0.39, 0.29) is 0 Å². The molecule has 0 spiro atoms. The molecule has 0 saturated carbocycles. The highest BCUT2D eigenvalue weighted by atomic mass is 16.5. The van der Waals surface area contributed by atoms with E-state index in [0.29, 0.717) is 5.92 Å². The minimum atomic E-state index is 0.657. The van der Waals surface area contributed by atoms with E-state index in [9.17, 15) is 0 Å². The Hall–Kier alpha value is -0.120. The first kappa shape index (κ1) is 9.88. The zero-order valence-electron chi connectivity index (χ0n) is 6.89. The number of ether oxygens (including phenoxy) is 1. The molecule has 0 aliphatic carbocycles. The lowest BCUT2D eigenvalue weighted by Crippen LogP contribution is -2.29. The van der Waals surface area contributed by atoms with Crippen molar-refractivity contribution in [3.63, 3.8) is 0 Å². The number of hydrogen-bond donors (Lipinski definition) is 2. The van der Waals surface area contributed by atoms with Crippen molar-refractivity contribution in [3.05, 3.63) is 0 Å². The molecule has 0 aromatic rings. The monoisotopic (exact) mass is 146 g/mol. The zero-order valence-corrected chi connectivity index (χ0v) is 6.89. The largest absolute Gasteiger partial charge is 0.385 e. The van der Waals surface area contributed by atoms with Crippen LogP contribution in [0, 0.1) is 5.92 Å². The van der Waals surface area contributed by atoms with E-state index in [1.54, 1.807) is 7.11 Å². The van der Waals surface area contributed by atoms with Gasteiger partial charge < -0.3 is 4.74 Å². The minimum absolute atomic E-state index is 0.657. The molecule has 0 aromatic heterocycles. The van der Waals surface area contributed by atoms with Gasteiger partial charge in [0.15, 0.2) is 0 Å². The highest BCUT2D eigenvalue weighted by Crippen LogP contribution is 2.05.